The van der Waals surface area contributed by atoms with Crippen LogP contribution in [0.15, 0.2) is 18.5 Å². The van der Waals surface area contributed by atoms with Crippen molar-refractivity contribution >= 4 is 11.7 Å². The van der Waals surface area contributed by atoms with Gasteiger partial charge in [-0.15, -0.1) is 0 Å². The highest BCUT2D eigenvalue weighted by Gasteiger charge is 2.24. The smallest absolute Gasteiger partial charge is 0.217 e. The van der Waals surface area contributed by atoms with Crippen LogP contribution in [0.5, 0.6) is 0 Å². The van der Waals surface area contributed by atoms with Crippen molar-refractivity contribution in [1.29, 1.82) is 0 Å². The molecule has 0 aliphatic carbocycles. The molecule has 2 aromatic heterocycles. The van der Waals surface area contributed by atoms with Crippen LogP contribution < -0.4 is 10.6 Å². The maximum absolute atomic E-state index is 11.0. The third kappa shape index (κ3) is 4.49. The van der Waals surface area contributed by atoms with Gasteiger partial charge in [0, 0.05) is 48.6 Å². The Labute approximate surface area is 147 Å². The van der Waals surface area contributed by atoms with E-state index in [2.05, 4.69) is 24.8 Å². The molecule has 0 spiro atoms. The molecule has 1 amide bonds. The summed E-state index contributed by atoms with van der Waals surface area (Å²) in [5.41, 5.74) is 8.15. The predicted molar refractivity (Wildman–Crippen MR) is 95.2 cm³/mol. The Morgan fingerprint density at radius 1 is 1.28 bits per heavy atom. The van der Waals surface area contributed by atoms with Crippen LogP contribution in [0.3, 0.4) is 0 Å². The van der Waals surface area contributed by atoms with Gasteiger partial charge in [0.25, 0.3) is 0 Å². The van der Waals surface area contributed by atoms with Crippen molar-refractivity contribution in [1.82, 2.24) is 19.9 Å². The van der Waals surface area contributed by atoms with Crippen molar-refractivity contribution in [3.8, 4) is 0 Å². The van der Waals surface area contributed by atoms with E-state index in [1.54, 1.807) is 6.33 Å². The molecule has 1 fully saturated rings. The summed E-state index contributed by atoms with van der Waals surface area (Å²) in [6, 6.07) is 4.04. The van der Waals surface area contributed by atoms with E-state index in [1.807, 2.05) is 26.0 Å². The van der Waals surface area contributed by atoms with Gasteiger partial charge in [-0.3, -0.25) is 4.79 Å². The normalized spacial score (nSPS) is 17.5. The zero-order chi connectivity index (χ0) is 17.8. The number of nitrogens with zero attached hydrogens (tertiary/aromatic N) is 5. The second kappa shape index (κ2) is 7.55. The highest BCUT2D eigenvalue weighted by atomic mass is 16.1. The van der Waals surface area contributed by atoms with Crippen LogP contribution in [0.25, 0.3) is 0 Å². The van der Waals surface area contributed by atoms with Crippen molar-refractivity contribution in [2.45, 2.75) is 45.4 Å². The number of aryl methyl sites for hydroxylation is 3. The van der Waals surface area contributed by atoms with Crippen LogP contribution >= 0.6 is 0 Å². The van der Waals surface area contributed by atoms with Gasteiger partial charge in [-0.25, -0.2) is 19.9 Å². The summed E-state index contributed by atoms with van der Waals surface area (Å²) >= 11 is 0. The Morgan fingerprint density at radius 2 is 2.12 bits per heavy atom. The maximum atomic E-state index is 11.0. The molecule has 132 valence electrons. The minimum absolute atomic E-state index is 0.305. The lowest BCUT2D eigenvalue weighted by Gasteiger charge is -2.33. The van der Waals surface area contributed by atoms with Crippen LogP contribution in [0.2, 0.25) is 0 Å². The first-order valence-electron chi connectivity index (χ1n) is 8.67. The van der Waals surface area contributed by atoms with Crippen molar-refractivity contribution in [2.24, 2.45) is 5.73 Å². The average Bonchev–Trinajstić information content (AvgIpc) is 2.60. The molecule has 0 aromatic carbocycles. The van der Waals surface area contributed by atoms with Gasteiger partial charge in [0.1, 0.15) is 18.0 Å². The molecule has 1 unspecified atom stereocenters. The number of carbonyl (C=O) groups excluding carboxylic acids is 1. The monoisotopic (exact) mass is 340 g/mol. The van der Waals surface area contributed by atoms with E-state index in [1.165, 1.54) is 0 Å². The van der Waals surface area contributed by atoms with Gasteiger partial charge >= 0.3 is 0 Å². The fourth-order valence-electron chi connectivity index (χ4n) is 3.28. The highest BCUT2D eigenvalue weighted by Crippen LogP contribution is 2.28. The van der Waals surface area contributed by atoms with E-state index in [9.17, 15) is 4.79 Å². The van der Waals surface area contributed by atoms with Gasteiger partial charge in [-0.05, 0) is 39.2 Å². The summed E-state index contributed by atoms with van der Waals surface area (Å²) in [6.45, 7) is 5.74. The predicted octanol–water partition coefficient (Wildman–Crippen LogP) is 1.69. The molecule has 1 saturated heterocycles. The lowest BCUT2D eigenvalue weighted by molar-refractivity contribution is -0.118. The van der Waals surface area contributed by atoms with Crippen LogP contribution in [-0.2, 0) is 11.2 Å². The molecule has 7 nitrogen and oxygen atoms in total. The van der Waals surface area contributed by atoms with E-state index in [0.717, 1.165) is 54.7 Å². The number of hydrogen-bond acceptors (Lipinski definition) is 6. The van der Waals surface area contributed by atoms with E-state index in [0.29, 0.717) is 18.8 Å². The fraction of sp³-hybridized carbons (Fsp3) is 0.500. The molecule has 25 heavy (non-hydrogen) atoms. The summed E-state index contributed by atoms with van der Waals surface area (Å²) in [4.78, 5) is 31.0. The van der Waals surface area contributed by atoms with E-state index in [-0.39, 0.29) is 5.91 Å². The van der Waals surface area contributed by atoms with Crippen LogP contribution in [0.1, 0.15) is 48.1 Å². The third-order valence-electron chi connectivity index (χ3n) is 4.49. The SMILES string of the molecule is Cc1cc(N2CCCC(c3cc(CCC(N)=O)nc(C)n3)C2)ncn1. The van der Waals surface area contributed by atoms with Crippen LogP contribution in [-0.4, -0.2) is 38.9 Å². The number of primary amides is 1. The first kappa shape index (κ1) is 17.3. The molecular weight excluding hydrogens is 316 g/mol. The van der Waals surface area contributed by atoms with Gasteiger partial charge in [0.05, 0.1) is 0 Å². The zero-order valence-corrected chi connectivity index (χ0v) is 14.8. The van der Waals surface area contributed by atoms with Gasteiger partial charge in [0.2, 0.25) is 5.91 Å². The van der Waals surface area contributed by atoms with Crippen LogP contribution in [0.4, 0.5) is 5.82 Å². The molecule has 2 aromatic rings. The zero-order valence-electron chi connectivity index (χ0n) is 14.8. The fourth-order valence-corrected chi connectivity index (χ4v) is 3.28. The molecule has 3 heterocycles. The number of rotatable bonds is 5. The van der Waals surface area contributed by atoms with Crippen LogP contribution in [0, 0.1) is 13.8 Å². The van der Waals surface area contributed by atoms with E-state index < -0.39 is 0 Å². The summed E-state index contributed by atoms with van der Waals surface area (Å²) < 4.78 is 0. The second-order valence-corrected chi connectivity index (χ2v) is 6.60. The Balaban J connectivity index is 1.77. The minimum Gasteiger partial charge on any atom is -0.370 e. The molecule has 0 saturated carbocycles. The molecule has 3 rings (SSSR count). The molecule has 1 aliphatic rings. The third-order valence-corrected chi connectivity index (χ3v) is 4.49. The number of carbonyl (C=O) groups is 1. The van der Waals surface area contributed by atoms with Crippen molar-refractivity contribution in [3.05, 3.63) is 41.4 Å². The van der Waals surface area contributed by atoms with Crippen molar-refractivity contribution in [2.75, 3.05) is 18.0 Å². The standard InChI is InChI=1S/C18H24N6O/c1-12-8-18(21-11-20-12)24-7-3-4-14(10-24)16-9-15(5-6-17(19)25)22-13(2)23-16/h8-9,11,14H,3-7,10H2,1-2H3,(H2,19,25). The quantitative estimate of drug-likeness (QED) is 0.889. The van der Waals surface area contributed by atoms with E-state index >= 15 is 0 Å². The number of anilines is 1. The number of nitrogens with two attached hydrogens (primary N) is 1. The van der Waals surface area contributed by atoms with Gasteiger partial charge < -0.3 is 10.6 Å². The molecule has 1 atom stereocenters. The summed E-state index contributed by atoms with van der Waals surface area (Å²) in [7, 11) is 0. The Hall–Kier alpha value is -2.57. The second-order valence-electron chi connectivity index (χ2n) is 6.60. The number of amides is 1. The summed E-state index contributed by atoms with van der Waals surface area (Å²) in [5.74, 6) is 1.74. The molecule has 0 bridgehead atoms. The molecular formula is C18H24N6O. The molecule has 7 heteroatoms. The summed E-state index contributed by atoms with van der Waals surface area (Å²) in [6.07, 6.45) is 4.67. The first-order chi connectivity index (χ1) is 12.0. The van der Waals surface area contributed by atoms with Crippen molar-refractivity contribution in [3.63, 3.8) is 0 Å². The molecule has 2 N–H and O–H groups in total. The Bertz CT molecular complexity index is 763. The number of piperidine rings is 1. The van der Waals surface area contributed by atoms with Crippen molar-refractivity contribution < 1.29 is 4.79 Å². The number of hydrogen-bond donors (Lipinski definition) is 1. The topological polar surface area (TPSA) is 97.9 Å². The highest BCUT2D eigenvalue weighted by molar-refractivity contribution is 5.73. The number of aromatic nitrogens is 4. The molecule has 0 radical (unpaired) electrons. The van der Waals surface area contributed by atoms with Gasteiger partial charge in [-0.1, -0.05) is 0 Å². The van der Waals surface area contributed by atoms with Gasteiger partial charge in [0.15, 0.2) is 0 Å². The largest absolute Gasteiger partial charge is 0.370 e. The minimum atomic E-state index is -0.305. The first-order valence-corrected chi connectivity index (χ1v) is 8.67. The Kier molecular flexibility index (Phi) is 5.21. The lowest BCUT2D eigenvalue weighted by atomic mass is 9.93. The lowest BCUT2D eigenvalue weighted by Crippen LogP contribution is -2.35. The summed E-state index contributed by atoms with van der Waals surface area (Å²) in [5, 5.41) is 0. The molecule has 1 aliphatic heterocycles. The Morgan fingerprint density at radius 3 is 2.88 bits per heavy atom. The average molecular weight is 340 g/mol. The maximum Gasteiger partial charge on any atom is 0.217 e. The van der Waals surface area contributed by atoms with E-state index in [4.69, 9.17) is 5.73 Å². The van der Waals surface area contributed by atoms with Gasteiger partial charge in [-0.2, -0.15) is 0 Å².